The fourth-order valence-electron chi connectivity index (χ4n) is 7.48. The predicted octanol–water partition coefficient (Wildman–Crippen LogP) is 13.0. The van der Waals surface area contributed by atoms with Crippen LogP contribution in [0.2, 0.25) is 5.02 Å². The number of carbonyl (C=O) groups excluding carboxylic acids is 1. The van der Waals surface area contributed by atoms with Gasteiger partial charge in [0.05, 0.1) is 5.02 Å². The minimum atomic E-state index is 0.567. The topological polar surface area (TPSA) is 17.1 Å². The Hall–Kier alpha value is -5.02. The van der Waals surface area contributed by atoms with Crippen molar-refractivity contribution in [3.63, 3.8) is 0 Å². The highest BCUT2D eigenvalue weighted by molar-refractivity contribution is 9.10. The van der Waals surface area contributed by atoms with Crippen molar-refractivity contribution < 1.29 is 4.79 Å². The Morgan fingerprint density at radius 3 is 1.87 bits per heavy atom. The molecule has 9 rings (SSSR count). The van der Waals surface area contributed by atoms with Gasteiger partial charge in [0.2, 0.25) is 0 Å². The third-order valence-corrected chi connectivity index (χ3v) is 10.6. The second-order valence-corrected chi connectivity index (χ2v) is 13.1. The molecule has 0 radical (unpaired) electrons. The van der Waals surface area contributed by atoms with Gasteiger partial charge in [-0.3, -0.25) is 4.79 Å². The Kier molecular flexibility index (Phi) is 6.25. The molecule has 0 amide bonds. The third-order valence-electron chi connectivity index (χ3n) is 9.39. The summed E-state index contributed by atoms with van der Waals surface area (Å²) in [5.74, 6) is 0. The van der Waals surface area contributed by atoms with Gasteiger partial charge in [0.15, 0.2) is 6.29 Å². The van der Waals surface area contributed by atoms with E-state index in [4.69, 9.17) is 11.6 Å². The molecule has 0 saturated carbocycles. The Labute approximate surface area is 279 Å². The normalized spacial score (nSPS) is 11.8. The van der Waals surface area contributed by atoms with E-state index in [1.165, 1.54) is 60.5 Å². The Morgan fingerprint density at radius 2 is 1.13 bits per heavy atom. The monoisotopic (exact) mass is 670 g/mol. The van der Waals surface area contributed by atoms with Gasteiger partial charge >= 0.3 is 0 Å². The summed E-state index contributed by atoms with van der Waals surface area (Å²) in [5, 5.41) is 7.91. The zero-order valence-corrected chi connectivity index (χ0v) is 26.9. The molecule has 0 unspecified atom stereocenters. The van der Waals surface area contributed by atoms with E-state index in [1.54, 1.807) is 6.07 Å². The molecule has 8 aromatic rings. The van der Waals surface area contributed by atoms with E-state index in [2.05, 4.69) is 143 Å². The largest absolute Gasteiger partial charge is 0.298 e. The first kappa shape index (κ1) is 27.3. The number of benzene rings is 8. The number of fused-ring (bicyclic) bond motifs is 6. The van der Waals surface area contributed by atoms with Crippen LogP contribution >= 0.6 is 27.5 Å². The number of hydrogen-bond donors (Lipinski definition) is 0. The zero-order chi connectivity index (χ0) is 30.9. The molecule has 0 aromatic heterocycles. The van der Waals surface area contributed by atoms with Crippen LogP contribution in [0.3, 0.4) is 0 Å². The molecule has 0 bridgehead atoms. The second-order valence-electron chi connectivity index (χ2n) is 11.8. The molecule has 3 heteroatoms. The van der Waals surface area contributed by atoms with Gasteiger partial charge < -0.3 is 0 Å². The summed E-state index contributed by atoms with van der Waals surface area (Å²) in [5.41, 5.74) is 12.1. The molecular formula is C43H24BrClO. The average molecular weight is 672 g/mol. The maximum Gasteiger partial charge on any atom is 0.150 e. The molecule has 1 aliphatic carbocycles. The quantitative estimate of drug-likeness (QED) is 0.134. The lowest BCUT2D eigenvalue weighted by Gasteiger charge is -2.21. The summed E-state index contributed by atoms with van der Waals surface area (Å²) in [6, 6.07) is 49.5. The van der Waals surface area contributed by atoms with E-state index >= 15 is 0 Å². The van der Waals surface area contributed by atoms with E-state index in [0.29, 0.717) is 15.1 Å². The SMILES string of the molecule is O=Cc1cc(Br)c(Cl)cc1-c1ccc2c(-c3ccccc3)c3c(c(-c4ccccc4)c2c1)-c1cc2ccccc2c2cccc-3c12. The van der Waals surface area contributed by atoms with E-state index in [1.807, 2.05) is 6.07 Å². The van der Waals surface area contributed by atoms with Crippen molar-refractivity contribution in [3.8, 4) is 55.6 Å². The van der Waals surface area contributed by atoms with Gasteiger partial charge in [0.25, 0.3) is 0 Å². The van der Waals surface area contributed by atoms with Crippen LogP contribution in [-0.2, 0) is 0 Å². The number of halogens is 2. The number of rotatable bonds is 4. The lowest BCUT2D eigenvalue weighted by atomic mass is 9.81. The summed E-state index contributed by atoms with van der Waals surface area (Å²) >= 11 is 10.1. The van der Waals surface area contributed by atoms with Crippen LogP contribution < -0.4 is 0 Å². The molecule has 0 N–H and O–H groups in total. The molecule has 1 aliphatic rings. The second kappa shape index (κ2) is 10.5. The predicted molar refractivity (Wildman–Crippen MR) is 198 cm³/mol. The summed E-state index contributed by atoms with van der Waals surface area (Å²) in [6.07, 6.45) is 0.902. The van der Waals surface area contributed by atoms with Crippen LogP contribution in [0, 0.1) is 0 Å². The first-order valence-corrected chi connectivity index (χ1v) is 16.4. The highest BCUT2D eigenvalue weighted by Crippen LogP contribution is 2.58. The molecule has 0 fully saturated rings. The van der Waals surface area contributed by atoms with Gasteiger partial charge in [-0.2, -0.15) is 0 Å². The van der Waals surface area contributed by atoms with E-state index < -0.39 is 0 Å². The van der Waals surface area contributed by atoms with Crippen molar-refractivity contribution in [2.24, 2.45) is 0 Å². The van der Waals surface area contributed by atoms with Crippen LogP contribution in [0.5, 0.6) is 0 Å². The summed E-state index contributed by atoms with van der Waals surface area (Å²) in [4.78, 5) is 12.3. The first-order chi connectivity index (χ1) is 22.6. The van der Waals surface area contributed by atoms with Crippen LogP contribution in [0.25, 0.3) is 88.0 Å². The molecule has 1 nitrogen and oxygen atoms in total. The summed E-state index contributed by atoms with van der Waals surface area (Å²) in [7, 11) is 0. The molecule has 216 valence electrons. The average Bonchev–Trinajstić information content (AvgIpc) is 3.43. The van der Waals surface area contributed by atoms with Gasteiger partial charge in [-0.05, 0) is 128 Å². The Morgan fingerprint density at radius 1 is 0.478 bits per heavy atom. The number of hydrogen-bond acceptors (Lipinski definition) is 1. The zero-order valence-electron chi connectivity index (χ0n) is 24.5. The van der Waals surface area contributed by atoms with Crippen LogP contribution in [0.1, 0.15) is 10.4 Å². The molecular weight excluding hydrogens is 648 g/mol. The van der Waals surface area contributed by atoms with E-state index in [-0.39, 0.29) is 0 Å². The molecule has 0 atom stereocenters. The highest BCUT2D eigenvalue weighted by Gasteiger charge is 2.31. The smallest absolute Gasteiger partial charge is 0.150 e. The maximum atomic E-state index is 12.3. The lowest BCUT2D eigenvalue weighted by Crippen LogP contribution is -1.95. The minimum absolute atomic E-state index is 0.567. The van der Waals surface area contributed by atoms with Crippen molar-refractivity contribution in [3.05, 3.63) is 155 Å². The maximum absolute atomic E-state index is 12.3. The highest BCUT2D eigenvalue weighted by atomic mass is 79.9. The molecule has 46 heavy (non-hydrogen) atoms. The van der Waals surface area contributed by atoms with E-state index in [9.17, 15) is 4.79 Å². The van der Waals surface area contributed by atoms with Crippen molar-refractivity contribution in [2.45, 2.75) is 0 Å². The number of aldehydes is 1. The Bertz CT molecular complexity index is 2550. The van der Waals surface area contributed by atoms with Crippen LogP contribution in [0.4, 0.5) is 0 Å². The van der Waals surface area contributed by atoms with Crippen LogP contribution in [-0.4, -0.2) is 6.29 Å². The fourth-order valence-corrected chi connectivity index (χ4v) is 8.01. The fraction of sp³-hybridized carbons (Fsp3) is 0. The van der Waals surface area contributed by atoms with Crippen molar-refractivity contribution in [1.82, 2.24) is 0 Å². The standard InChI is InChI=1S/C43H24BrClO/c44-37-22-29(24-46)34(23-38(37)45)28-18-19-32-35(20-28)40(26-12-5-2-6-13-26)43-36-21-27-14-7-8-15-30(27)31-16-9-17-33(41(31)36)42(43)39(32)25-10-3-1-4-11-25/h1-24H. The van der Waals surface area contributed by atoms with Crippen molar-refractivity contribution >= 4 is 66.1 Å². The minimum Gasteiger partial charge on any atom is -0.298 e. The van der Waals surface area contributed by atoms with Gasteiger partial charge in [0.1, 0.15) is 0 Å². The summed E-state index contributed by atoms with van der Waals surface area (Å²) < 4.78 is 0.702. The Balaban J connectivity index is 1.51. The van der Waals surface area contributed by atoms with Crippen molar-refractivity contribution in [1.29, 1.82) is 0 Å². The van der Waals surface area contributed by atoms with Crippen molar-refractivity contribution in [2.75, 3.05) is 0 Å². The van der Waals surface area contributed by atoms with E-state index in [0.717, 1.165) is 33.7 Å². The summed E-state index contributed by atoms with van der Waals surface area (Å²) in [6.45, 7) is 0. The molecule has 0 spiro atoms. The van der Waals surface area contributed by atoms with Gasteiger partial charge in [-0.15, -0.1) is 0 Å². The third kappa shape index (κ3) is 3.97. The first-order valence-electron chi connectivity index (χ1n) is 15.3. The molecule has 0 heterocycles. The molecule has 8 aromatic carbocycles. The molecule has 0 saturated heterocycles. The molecule has 0 aliphatic heterocycles. The van der Waals surface area contributed by atoms with Gasteiger partial charge in [-0.1, -0.05) is 127 Å². The number of carbonyl (C=O) groups is 1. The van der Waals surface area contributed by atoms with Gasteiger partial charge in [-0.25, -0.2) is 0 Å². The lowest BCUT2D eigenvalue weighted by molar-refractivity contribution is 0.112. The van der Waals surface area contributed by atoms with Crippen LogP contribution in [0.15, 0.2) is 144 Å². The van der Waals surface area contributed by atoms with Gasteiger partial charge in [0, 0.05) is 10.0 Å².